The summed E-state index contributed by atoms with van der Waals surface area (Å²) < 4.78 is 5.62. The molecule has 0 aromatic carbocycles. The molecule has 5 aliphatic carbocycles. The number of rotatable bonds is 3. The Morgan fingerprint density at radius 3 is 2.28 bits per heavy atom. The van der Waals surface area contributed by atoms with Gasteiger partial charge in [-0.2, -0.15) is 0 Å². The summed E-state index contributed by atoms with van der Waals surface area (Å²) >= 11 is 0. The van der Waals surface area contributed by atoms with Gasteiger partial charge in [0.2, 0.25) is 5.91 Å². The van der Waals surface area contributed by atoms with Crippen LogP contribution in [0.25, 0.3) is 0 Å². The topological polar surface area (TPSA) is 70.0 Å². The summed E-state index contributed by atoms with van der Waals surface area (Å²) in [4.78, 5) is 16.6. The summed E-state index contributed by atoms with van der Waals surface area (Å²) in [5.41, 5.74) is 1.17. The molecule has 0 aromatic heterocycles. The van der Waals surface area contributed by atoms with Crippen LogP contribution in [0.3, 0.4) is 0 Å². The zero-order valence-corrected chi connectivity index (χ0v) is 25.4. The summed E-state index contributed by atoms with van der Waals surface area (Å²) in [6, 6.07) is 0. The minimum absolute atomic E-state index is 0.0757. The molecule has 4 unspecified atom stereocenters. The van der Waals surface area contributed by atoms with Gasteiger partial charge in [-0.25, -0.2) is 0 Å². The van der Waals surface area contributed by atoms with Crippen LogP contribution >= 0.6 is 0 Å². The van der Waals surface area contributed by atoms with E-state index in [1.165, 1.54) is 24.8 Å². The summed E-state index contributed by atoms with van der Waals surface area (Å²) in [6.45, 7) is 19.5. The molecule has 11 atom stereocenters. The molecule has 220 valence electrons. The Morgan fingerprint density at radius 2 is 1.62 bits per heavy atom. The van der Waals surface area contributed by atoms with E-state index in [2.05, 4.69) is 46.1 Å². The van der Waals surface area contributed by atoms with Gasteiger partial charge in [-0.05, 0) is 117 Å². The number of aliphatic hydroxyl groups is 2. The van der Waals surface area contributed by atoms with Crippen molar-refractivity contribution in [2.75, 3.05) is 32.9 Å². The van der Waals surface area contributed by atoms with Gasteiger partial charge >= 0.3 is 0 Å². The molecule has 6 rings (SSSR count). The lowest BCUT2D eigenvalue weighted by Crippen LogP contribution is -2.68. The number of nitrogens with zero attached hydrogens (tertiary/aromatic N) is 1. The van der Waals surface area contributed by atoms with E-state index in [4.69, 9.17) is 4.74 Å². The van der Waals surface area contributed by atoms with E-state index in [0.717, 1.165) is 58.0 Å². The third-order valence-electron chi connectivity index (χ3n) is 14.9. The van der Waals surface area contributed by atoms with Crippen LogP contribution in [0.4, 0.5) is 0 Å². The van der Waals surface area contributed by atoms with E-state index in [1.807, 2.05) is 0 Å². The van der Waals surface area contributed by atoms with Crippen molar-refractivity contribution in [1.29, 1.82) is 0 Å². The zero-order valence-electron chi connectivity index (χ0n) is 25.4. The van der Waals surface area contributed by atoms with Gasteiger partial charge in [0.15, 0.2) is 0 Å². The van der Waals surface area contributed by atoms with Crippen LogP contribution in [0, 0.1) is 56.7 Å². The van der Waals surface area contributed by atoms with Crippen molar-refractivity contribution in [2.24, 2.45) is 56.7 Å². The maximum Gasteiger partial charge on any atom is 0.229 e. The third kappa shape index (κ3) is 3.57. The van der Waals surface area contributed by atoms with Crippen LogP contribution < -0.4 is 0 Å². The summed E-state index contributed by atoms with van der Waals surface area (Å²) in [6.07, 6.45) is 10.4. The molecule has 1 heterocycles. The molecular weight excluding hydrogens is 486 g/mol. The molecule has 5 nitrogen and oxygen atoms in total. The average Bonchev–Trinajstić information content (AvgIpc) is 3.33. The monoisotopic (exact) mass is 541 g/mol. The highest BCUT2D eigenvalue weighted by Gasteiger charge is 2.72. The van der Waals surface area contributed by atoms with Crippen LogP contribution in [-0.4, -0.2) is 60.0 Å². The van der Waals surface area contributed by atoms with E-state index in [0.29, 0.717) is 48.7 Å². The molecule has 0 radical (unpaired) electrons. The Labute approximate surface area is 237 Å². The van der Waals surface area contributed by atoms with Gasteiger partial charge in [-0.3, -0.25) is 4.79 Å². The molecule has 39 heavy (non-hydrogen) atoms. The predicted molar refractivity (Wildman–Crippen MR) is 154 cm³/mol. The van der Waals surface area contributed by atoms with Crippen LogP contribution in [0.5, 0.6) is 0 Å². The third-order valence-corrected chi connectivity index (χ3v) is 14.9. The predicted octanol–water partition coefficient (Wildman–Crippen LogP) is 5.84. The normalized spacial score (nSPS) is 53.3. The zero-order chi connectivity index (χ0) is 28.0. The van der Waals surface area contributed by atoms with Crippen molar-refractivity contribution < 1.29 is 19.7 Å². The molecule has 5 heteroatoms. The maximum absolute atomic E-state index is 14.4. The van der Waals surface area contributed by atoms with Crippen LogP contribution in [-0.2, 0) is 9.53 Å². The molecule has 0 spiro atoms. The maximum atomic E-state index is 14.4. The number of hydrogen-bond donors (Lipinski definition) is 2. The fraction of sp³-hybridized carbons (Fsp3) is 0.912. The highest BCUT2D eigenvalue weighted by atomic mass is 16.5. The fourth-order valence-corrected chi connectivity index (χ4v) is 12.6. The number of morpholine rings is 1. The summed E-state index contributed by atoms with van der Waals surface area (Å²) in [7, 11) is 0. The standard InChI is InChI=1S/C34H55NO4/c1-22(2)23-9-14-34(29(38)35-17-19-39-20-18-35)16-15-32(5)24(28(23)34)7-8-26-30(3)12-11-27(37)31(4,21-36)25(30)10-13-33(26,32)6/h23-28,36-37H,1,7-21H2,2-6H3/t23-,24?,25?,26?,27-,28?,30-,31-,32+,33+,34-/m0/s1. The second-order valence-corrected chi connectivity index (χ2v) is 16.0. The Bertz CT molecular complexity index is 1010. The fourth-order valence-electron chi connectivity index (χ4n) is 12.6. The molecule has 0 aromatic rings. The smallest absolute Gasteiger partial charge is 0.229 e. The number of fused-ring (bicyclic) bond motifs is 7. The van der Waals surface area contributed by atoms with Crippen LogP contribution in [0.15, 0.2) is 12.2 Å². The van der Waals surface area contributed by atoms with Crippen molar-refractivity contribution >= 4 is 5.91 Å². The lowest BCUT2D eigenvalue weighted by Gasteiger charge is -2.73. The van der Waals surface area contributed by atoms with Gasteiger partial charge in [0.25, 0.3) is 0 Å². The molecule has 2 N–H and O–H groups in total. The minimum atomic E-state index is -0.409. The van der Waals surface area contributed by atoms with Crippen molar-refractivity contribution in [2.45, 2.75) is 105 Å². The van der Waals surface area contributed by atoms with Gasteiger partial charge in [0, 0.05) is 18.5 Å². The Hall–Kier alpha value is -0.910. The largest absolute Gasteiger partial charge is 0.396 e. The molecule has 1 aliphatic heterocycles. The number of hydrogen-bond acceptors (Lipinski definition) is 4. The molecular formula is C34H55NO4. The van der Waals surface area contributed by atoms with Crippen molar-refractivity contribution in [1.82, 2.24) is 4.90 Å². The average molecular weight is 542 g/mol. The first-order valence-corrected chi connectivity index (χ1v) is 16.2. The number of ether oxygens (including phenoxy) is 1. The first-order chi connectivity index (χ1) is 18.4. The first kappa shape index (κ1) is 28.2. The molecule has 6 fully saturated rings. The van der Waals surface area contributed by atoms with Gasteiger partial charge in [-0.1, -0.05) is 39.8 Å². The summed E-state index contributed by atoms with van der Waals surface area (Å²) in [5.74, 6) is 2.75. The van der Waals surface area contributed by atoms with Crippen molar-refractivity contribution in [3.8, 4) is 0 Å². The lowest BCUT2D eigenvalue weighted by molar-refractivity contribution is -0.253. The Kier molecular flexibility index (Phi) is 6.73. The van der Waals surface area contributed by atoms with Crippen LogP contribution in [0.2, 0.25) is 0 Å². The van der Waals surface area contributed by atoms with Gasteiger partial charge in [0.1, 0.15) is 0 Å². The van der Waals surface area contributed by atoms with E-state index in [1.54, 1.807) is 0 Å². The van der Waals surface area contributed by atoms with E-state index >= 15 is 0 Å². The molecule has 0 bridgehead atoms. The van der Waals surface area contributed by atoms with E-state index in [9.17, 15) is 15.0 Å². The first-order valence-electron chi connectivity index (χ1n) is 16.2. The van der Waals surface area contributed by atoms with Crippen molar-refractivity contribution in [3.05, 3.63) is 12.2 Å². The molecule has 1 saturated heterocycles. The second-order valence-electron chi connectivity index (χ2n) is 16.0. The van der Waals surface area contributed by atoms with E-state index in [-0.39, 0.29) is 28.3 Å². The minimum Gasteiger partial charge on any atom is -0.396 e. The Morgan fingerprint density at radius 1 is 0.897 bits per heavy atom. The van der Waals surface area contributed by atoms with Crippen molar-refractivity contribution in [3.63, 3.8) is 0 Å². The molecule has 5 saturated carbocycles. The molecule has 1 amide bonds. The quantitative estimate of drug-likeness (QED) is 0.441. The van der Waals surface area contributed by atoms with Gasteiger partial charge in [0.05, 0.1) is 31.3 Å². The number of carbonyl (C=O) groups is 1. The SMILES string of the molecule is C=C(C)[C@@H]1CC[C@]2(C(=O)N3CCOCC3)CC[C@]3(C)C(CCC4[C@@]5(C)CC[C@H](O)[C@@](C)(CO)C5CC[C@]43C)C12. The number of aliphatic hydroxyl groups excluding tert-OH is 2. The summed E-state index contributed by atoms with van der Waals surface area (Å²) in [5, 5.41) is 21.6. The number of amides is 1. The van der Waals surface area contributed by atoms with Crippen LogP contribution in [0.1, 0.15) is 98.8 Å². The molecule has 6 aliphatic rings. The Balaban J connectivity index is 1.38. The van der Waals surface area contributed by atoms with Gasteiger partial charge in [-0.15, -0.1) is 0 Å². The lowest BCUT2D eigenvalue weighted by atomic mass is 9.32. The number of carbonyl (C=O) groups excluding carboxylic acids is 1. The second kappa shape index (κ2) is 9.30. The number of allylic oxidation sites excluding steroid dienone is 1. The van der Waals surface area contributed by atoms with Gasteiger partial charge < -0.3 is 19.8 Å². The van der Waals surface area contributed by atoms with E-state index < -0.39 is 11.5 Å². The highest BCUT2D eigenvalue weighted by Crippen LogP contribution is 2.77. The highest BCUT2D eigenvalue weighted by molar-refractivity contribution is 5.84.